The maximum absolute atomic E-state index is 11.0. The first-order valence-corrected chi connectivity index (χ1v) is 8.52. The third-order valence-corrected chi connectivity index (χ3v) is 5.47. The minimum atomic E-state index is -0.881. The summed E-state index contributed by atoms with van der Waals surface area (Å²) in [6.07, 6.45) is 6.54. The van der Waals surface area contributed by atoms with Gasteiger partial charge in [0.15, 0.2) is 0 Å². The average molecular weight is 354 g/mol. The molecule has 0 amide bonds. The summed E-state index contributed by atoms with van der Waals surface area (Å²) in [5, 5.41) is 9.00. The van der Waals surface area contributed by atoms with Gasteiger partial charge in [-0.05, 0) is 56.3 Å². The highest BCUT2D eigenvalue weighted by molar-refractivity contribution is 9.10. The Morgan fingerprint density at radius 2 is 2.00 bits per heavy atom. The van der Waals surface area contributed by atoms with Crippen molar-refractivity contribution in [3.05, 3.63) is 33.8 Å². The first kappa shape index (κ1) is 16.5. The monoisotopic (exact) mass is 353 g/mol. The summed E-state index contributed by atoms with van der Waals surface area (Å²) in [5.74, 6) is 0.0322. The zero-order valence-electron chi connectivity index (χ0n) is 12.8. The molecule has 21 heavy (non-hydrogen) atoms. The van der Waals surface area contributed by atoms with Gasteiger partial charge >= 0.3 is 5.97 Å². The Morgan fingerprint density at radius 3 is 2.52 bits per heavy atom. The summed E-state index contributed by atoms with van der Waals surface area (Å²) in [6.45, 7) is 3.15. The second-order valence-electron chi connectivity index (χ2n) is 6.11. The lowest BCUT2D eigenvalue weighted by atomic mass is 9.84. The molecule has 2 rings (SSSR count). The predicted molar refractivity (Wildman–Crippen MR) is 88.6 cm³/mol. The van der Waals surface area contributed by atoms with Gasteiger partial charge < -0.3 is 5.11 Å². The van der Waals surface area contributed by atoms with E-state index in [0.717, 1.165) is 22.5 Å². The fraction of sp³-hybridized carbons (Fsp3) is 0.588. The number of hydrogen-bond acceptors (Lipinski definition) is 2. The molecule has 1 saturated carbocycles. The van der Waals surface area contributed by atoms with E-state index < -0.39 is 5.97 Å². The Labute approximate surface area is 135 Å². The van der Waals surface area contributed by atoms with Crippen LogP contribution in [-0.4, -0.2) is 29.1 Å². The number of aromatic carboxylic acids is 1. The van der Waals surface area contributed by atoms with Crippen molar-refractivity contribution in [1.82, 2.24) is 4.90 Å². The third-order valence-electron chi connectivity index (χ3n) is 4.74. The van der Waals surface area contributed by atoms with Gasteiger partial charge in [0.25, 0.3) is 0 Å². The molecule has 0 radical (unpaired) electrons. The number of nitrogens with zero attached hydrogens (tertiary/aromatic N) is 1. The van der Waals surface area contributed by atoms with Crippen LogP contribution in [0.4, 0.5) is 0 Å². The fourth-order valence-corrected chi connectivity index (χ4v) is 3.70. The largest absolute Gasteiger partial charge is 0.478 e. The Kier molecular flexibility index (Phi) is 5.82. The maximum atomic E-state index is 11.0. The van der Waals surface area contributed by atoms with Gasteiger partial charge in [-0.3, -0.25) is 4.90 Å². The van der Waals surface area contributed by atoms with E-state index in [4.69, 9.17) is 5.11 Å². The third kappa shape index (κ3) is 4.30. The van der Waals surface area contributed by atoms with E-state index in [0.29, 0.717) is 11.6 Å². The predicted octanol–water partition coefficient (Wildman–Crippen LogP) is 4.55. The molecule has 1 aromatic carbocycles. The summed E-state index contributed by atoms with van der Waals surface area (Å²) in [6, 6.07) is 5.95. The molecule has 116 valence electrons. The van der Waals surface area contributed by atoms with E-state index in [1.165, 1.54) is 32.1 Å². The van der Waals surface area contributed by atoms with Crippen molar-refractivity contribution in [1.29, 1.82) is 0 Å². The Hall–Kier alpha value is -0.870. The van der Waals surface area contributed by atoms with Crippen molar-refractivity contribution in [2.24, 2.45) is 5.92 Å². The molecule has 0 unspecified atom stereocenters. The number of carboxylic acid groups (broad SMARTS) is 1. The van der Waals surface area contributed by atoms with Crippen LogP contribution in [0.25, 0.3) is 0 Å². The number of halogens is 1. The Balaban J connectivity index is 1.96. The smallest absolute Gasteiger partial charge is 0.335 e. The van der Waals surface area contributed by atoms with Crippen LogP contribution < -0.4 is 0 Å². The molecule has 0 aliphatic heterocycles. The Morgan fingerprint density at radius 1 is 1.33 bits per heavy atom. The fourth-order valence-electron chi connectivity index (χ4n) is 3.20. The number of benzene rings is 1. The molecule has 0 bridgehead atoms. The first-order chi connectivity index (χ1) is 10.0. The van der Waals surface area contributed by atoms with Crippen molar-refractivity contribution >= 4 is 21.9 Å². The summed E-state index contributed by atoms with van der Waals surface area (Å²) in [5.41, 5.74) is 1.48. The van der Waals surface area contributed by atoms with Gasteiger partial charge in [0.1, 0.15) is 0 Å². The standard InChI is InChI=1S/C17H24BrNO2/c1-3-12-4-8-15(9-5-12)19(2)11-14-7-6-13(17(20)21)10-16(14)18/h6-7,10,12,15H,3-5,8-9,11H2,1-2H3,(H,20,21). The molecule has 1 aromatic rings. The van der Waals surface area contributed by atoms with E-state index >= 15 is 0 Å². The highest BCUT2D eigenvalue weighted by atomic mass is 79.9. The molecule has 3 nitrogen and oxygen atoms in total. The quantitative estimate of drug-likeness (QED) is 0.843. The van der Waals surface area contributed by atoms with E-state index in [9.17, 15) is 4.79 Å². The van der Waals surface area contributed by atoms with Crippen molar-refractivity contribution in [3.8, 4) is 0 Å². The van der Waals surface area contributed by atoms with Crippen molar-refractivity contribution in [2.75, 3.05) is 7.05 Å². The van der Waals surface area contributed by atoms with Crippen LogP contribution in [-0.2, 0) is 6.54 Å². The minimum absolute atomic E-state index is 0.330. The van der Waals surface area contributed by atoms with Crippen molar-refractivity contribution in [3.63, 3.8) is 0 Å². The molecular weight excluding hydrogens is 330 g/mol. The van der Waals surface area contributed by atoms with Gasteiger partial charge in [0.05, 0.1) is 5.56 Å². The summed E-state index contributed by atoms with van der Waals surface area (Å²) >= 11 is 3.50. The molecule has 0 spiro atoms. The molecule has 0 atom stereocenters. The molecule has 4 heteroatoms. The van der Waals surface area contributed by atoms with Gasteiger partial charge in [0, 0.05) is 17.1 Å². The first-order valence-electron chi connectivity index (χ1n) is 7.73. The lowest BCUT2D eigenvalue weighted by molar-refractivity contribution is 0.0696. The number of hydrogen-bond donors (Lipinski definition) is 1. The van der Waals surface area contributed by atoms with Crippen molar-refractivity contribution in [2.45, 2.75) is 51.6 Å². The molecule has 1 fully saturated rings. The average Bonchev–Trinajstić information content (AvgIpc) is 2.49. The summed E-state index contributed by atoms with van der Waals surface area (Å²) in [4.78, 5) is 13.4. The molecule has 1 N–H and O–H groups in total. The zero-order valence-corrected chi connectivity index (χ0v) is 14.4. The highest BCUT2D eigenvalue weighted by Crippen LogP contribution is 2.30. The van der Waals surface area contributed by atoms with Crippen LogP contribution in [0.3, 0.4) is 0 Å². The van der Waals surface area contributed by atoms with Crippen LogP contribution in [0.5, 0.6) is 0 Å². The van der Waals surface area contributed by atoms with E-state index in [-0.39, 0.29) is 0 Å². The molecule has 1 aliphatic carbocycles. The maximum Gasteiger partial charge on any atom is 0.335 e. The van der Waals surface area contributed by atoms with Crippen LogP contribution in [0, 0.1) is 5.92 Å². The topological polar surface area (TPSA) is 40.5 Å². The van der Waals surface area contributed by atoms with E-state index in [2.05, 4.69) is 34.8 Å². The van der Waals surface area contributed by atoms with E-state index in [1.807, 2.05) is 6.07 Å². The second-order valence-corrected chi connectivity index (χ2v) is 6.96. The normalized spacial score (nSPS) is 22.5. The van der Waals surface area contributed by atoms with Gasteiger partial charge in [-0.15, -0.1) is 0 Å². The zero-order chi connectivity index (χ0) is 15.4. The number of rotatable bonds is 5. The SMILES string of the molecule is CCC1CCC(N(C)Cc2ccc(C(=O)O)cc2Br)CC1. The van der Waals surface area contributed by atoms with Crippen LogP contribution in [0.1, 0.15) is 54.9 Å². The lowest BCUT2D eigenvalue weighted by Gasteiger charge is -2.34. The molecule has 0 aromatic heterocycles. The molecular formula is C17H24BrNO2. The number of carbonyl (C=O) groups is 1. The molecule has 1 aliphatic rings. The van der Waals surface area contributed by atoms with Gasteiger partial charge in [0.2, 0.25) is 0 Å². The van der Waals surface area contributed by atoms with Crippen molar-refractivity contribution < 1.29 is 9.90 Å². The number of carboxylic acids is 1. The molecule has 0 heterocycles. The van der Waals surface area contributed by atoms with Crippen LogP contribution in [0.15, 0.2) is 22.7 Å². The van der Waals surface area contributed by atoms with Crippen LogP contribution >= 0.6 is 15.9 Å². The van der Waals surface area contributed by atoms with Gasteiger partial charge in [-0.2, -0.15) is 0 Å². The summed E-state index contributed by atoms with van der Waals surface area (Å²) in [7, 11) is 2.18. The highest BCUT2D eigenvalue weighted by Gasteiger charge is 2.23. The molecule has 0 saturated heterocycles. The van der Waals surface area contributed by atoms with E-state index in [1.54, 1.807) is 12.1 Å². The minimum Gasteiger partial charge on any atom is -0.478 e. The second kappa shape index (κ2) is 7.41. The lowest BCUT2D eigenvalue weighted by Crippen LogP contribution is -2.34. The van der Waals surface area contributed by atoms with Gasteiger partial charge in [-0.25, -0.2) is 4.79 Å². The van der Waals surface area contributed by atoms with Gasteiger partial charge in [-0.1, -0.05) is 35.3 Å². The Bertz CT molecular complexity index is 496. The van der Waals surface area contributed by atoms with Crippen LogP contribution in [0.2, 0.25) is 0 Å². The summed E-state index contributed by atoms with van der Waals surface area (Å²) < 4.78 is 0.886.